The lowest BCUT2D eigenvalue weighted by Crippen LogP contribution is -2.41. The first-order chi connectivity index (χ1) is 22.6. The van der Waals surface area contributed by atoms with Crippen molar-refractivity contribution >= 4 is 56.5 Å². The average Bonchev–Trinajstić information content (AvgIpc) is 3.79. The largest absolute Gasteiger partial charge is 0.481 e. The summed E-state index contributed by atoms with van der Waals surface area (Å²) in [6.07, 6.45) is 3.15. The van der Waals surface area contributed by atoms with Crippen LogP contribution in [-0.2, 0) is 25.5 Å². The number of thiophene rings is 1. The van der Waals surface area contributed by atoms with E-state index in [1.54, 1.807) is 12.5 Å². The first-order valence-electron chi connectivity index (χ1n) is 16.3. The van der Waals surface area contributed by atoms with Gasteiger partial charge in [0.15, 0.2) is 0 Å². The van der Waals surface area contributed by atoms with Crippen molar-refractivity contribution in [3.05, 3.63) is 63.7 Å². The molecular formula is C35H41ClFN3O6S. The van der Waals surface area contributed by atoms with Crippen LogP contribution in [0.5, 0.6) is 0 Å². The molecule has 0 spiro atoms. The van der Waals surface area contributed by atoms with E-state index in [1.807, 2.05) is 29.2 Å². The van der Waals surface area contributed by atoms with E-state index >= 15 is 4.39 Å². The molecule has 3 heterocycles. The zero-order valence-electron chi connectivity index (χ0n) is 26.6. The molecule has 2 saturated heterocycles. The first kappa shape index (κ1) is 33.8. The number of hydrogen-bond donors (Lipinski definition) is 2. The van der Waals surface area contributed by atoms with Crippen LogP contribution in [0.25, 0.3) is 10.1 Å². The van der Waals surface area contributed by atoms with Crippen molar-refractivity contribution in [3.63, 3.8) is 0 Å². The van der Waals surface area contributed by atoms with Gasteiger partial charge in [0, 0.05) is 48.3 Å². The van der Waals surface area contributed by atoms with Crippen LogP contribution in [0.4, 0.5) is 10.1 Å². The Labute approximate surface area is 283 Å². The summed E-state index contributed by atoms with van der Waals surface area (Å²) in [5, 5.41) is 14.8. The number of carbonyl (C=O) groups is 3. The van der Waals surface area contributed by atoms with Crippen LogP contribution in [-0.4, -0.2) is 90.3 Å². The minimum atomic E-state index is -0.758. The van der Waals surface area contributed by atoms with Crippen molar-refractivity contribution in [2.45, 2.75) is 69.7 Å². The minimum Gasteiger partial charge on any atom is -0.481 e. The predicted octanol–water partition coefficient (Wildman–Crippen LogP) is 6.08. The Morgan fingerprint density at radius 2 is 1.87 bits per heavy atom. The normalized spacial score (nSPS) is 26.6. The SMILES string of the molecule is CO[C@H]1CN([C@H]2C[C@@H](COC3CCC(C(=O)O)CC3)N(C(=O)Cc3cc(Cl)c(NC(=O)c4csc5ccccc45)cc3F)C2)C[C@@H]1C. The van der Waals surface area contributed by atoms with Gasteiger partial charge in [-0.25, -0.2) is 4.39 Å². The Kier molecular flexibility index (Phi) is 10.5. The van der Waals surface area contributed by atoms with Crippen LogP contribution in [0.3, 0.4) is 0 Å². The van der Waals surface area contributed by atoms with Crippen LogP contribution in [0.2, 0.25) is 5.02 Å². The molecule has 0 radical (unpaired) electrons. The maximum absolute atomic E-state index is 15.5. The molecule has 4 atom stereocenters. The van der Waals surface area contributed by atoms with Gasteiger partial charge in [0.05, 0.1) is 53.5 Å². The van der Waals surface area contributed by atoms with E-state index in [9.17, 15) is 19.5 Å². The number of nitrogens with zero attached hydrogens (tertiary/aromatic N) is 2. The third-order valence-electron chi connectivity index (χ3n) is 10.1. The fraction of sp³-hybridized carbons (Fsp3) is 0.514. The van der Waals surface area contributed by atoms with E-state index in [2.05, 4.69) is 17.1 Å². The summed E-state index contributed by atoms with van der Waals surface area (Å²) in [7, 11) is 1.73. The lowest BCUT2D eigenvalue weighted by molar-refractivity contribution is -0.144. The van der Waals surface area contributed by atoms with Crippen LogP contribution >= 0.6 is 22.9 Å². The number of anilines is 1. The Bertz CT molecular complexity index is 1630. The lowest BCUT2D eigenvalue weighted by atomic mass is 9.87. The second kappa shape index (κ2) is 14.6. The van der Waals surface area contributed by atoms with Crippen molar-refractivity contribution in [1.82, 2.24) is 9.80 Å². The molecule has 1 aromatic heterocycles. The van der Waals surface area contributed by atoms with Crippen molar-refractivity contribution in [2.24, 2.45) is 11.8 Å². The molecule has 2 N–H and O–H groups in total. The zero-order valence-corrected chi connectivity index (χ0v) is 28.2. The molecule has 6 rings (SSSR count). The maximum atomic E-state index is 15.5. The average molecular weight is 686 g/mol. The Morgan fingerprint density at radius 3 is 2.60 bits per heavy atom. The summed E-state index contributed by atoms with van der Waals surface area (Å²) in [5.74, 6) is -1.94. The number of rotatable bonds is 10. The molecule has 252 valence electrons. The zero-order chi connectivity index (χ0) is 33.2. The number of hydrogen-bond acceptors (Lipinski definition) is 7. The van der Waals surface area contributed by atoms with E-state index in [4.69, 9.17) is 21.1 Å². The van der Waals surface area contributed by atoms with Crippen molar-refractivity contribution in [3.8, 4) is 0 Å². The standard InChI is InChI=1S/C35H41ClFN3O6S/c1-20-15-39(17-31(20)45-2)23-13-24(18-46-25-9-7-21(8-10-25)35(43)44)40(16-23)33(41)12-22-11-28(36)30(14-29(22)37)38-34(42)27-19-47-32-6-4-3-5-26(27)32/h3-6,11,14,19-21,23-25,31H,7-10,12-13,15-18H2,1-2H3,(H,38,42)(H,43,44)/t20-,21?,23-,24-,25?,31-/m0/s1. The van der Waals surface area contributed by atoms with E-state index in [1.165, 1.54) is 23.5 Å². The number of methoxy groups -OCH3 is 1. The quantitative estimate of drug-likeness (QED) is 0.266. The number of amides is 2. The third kappa shape index (κ3) is 7.49. The summed E-state index contributed by atoms with van der Waals surface area (Å²) >= 11 is 7.99. The van der Waals surface area contributed by atoms with Gasteiger partial charge in [0.25, 0.3) is 5.91 Å². The van der Waals surface area contributed by atoms with E-state index < -0.39 is 11.8 Å². The molecule has 3 aliphatic rings. The molecule has 12 heteroatoms. The summed E-state index contributed by atoms with van der Waals surface area (Å²) in [6.45, 7) is 4.67. The topological polar surface area (TPSA) is 108 Å². The molecular weight excluding hydrogens is 645 g/mol. The third-order valence-corrected chi connectivity index (χ3v) is 11.4. The van der Waals surface area contributed by atoms with E-state index in [0.29, 0.717) is 50.3 Å². The predicted molar refractivity (Wildman–Crippen MR) is 180 cm³/mol. The van der Waals surface area contributed by atoms with Gasteiger partial charge in [0.2, 0.25) is 5.91 Å². The van der Waals surface area contributed by atoms with E-state index in [-0.39, 0.29) is 64.7 Å². The number of fused-ring (bicyclic) bond motifs is 1. The Hall–Kier alpha value is -3.09. The Morgan fingerprint density at radius 1 is 1.11 bits per heavy atom. The minimum absolute atomic E-state index is 0.0441. The molecule has 0 unspecified atom stereocenters. The highest BCUT2D eigenvalue weighted by atomic mass is 35.5. The number of benzene rings is 2. The van der Waals surface area contributed by atoms with Crippen molar-refractivity contribution < 1.29 is 33.4 Å². The molecule has 2 aliphatic heterocycles. The number of halogens is 2. The second-order valence-electron chi connectivity index (χ2n) is 13.1. The molecule has 1 aliphatic carbocycles. The fourth-order valence-corrected chi connectivity index (χ4v) is 8.52. The summed E-state index contributed by atoms with van der Waals surface area (Å²) in [6, 6.07) is 10.1. The molecule has 9 nitrogen and oxygen atoms in total. The molecule has 3 aromatic rings. The Balaban J connectivity index is 1.13. The van der Waals surface area contributed by atoms with Crippen molar-refractivity contribution in [1.29, 1.82) is 0 Å². The van der Waals surface area contributed by atoms with Gasteiger partial charge in [-0.1, -0.05) is 36.7 Å². The molecule has 0 bridgehead atoms. The highest BCUT2D eigenvalue weighted by Crippen LogP contribution is 2.33. The molecule has 2 amide bonds. The highest BCUT2D eigenvalue weighted by molar-refractivity contribution is 7.17. The van der Waals surface area contributed by atoms with Gasteiger partial charge in [-0.2, -0.15) is 0 Å². The summed E-state index contributed by atoms with van der Waals surface area (Å²) < 4.78 is 28.4. The molecule has 47 heavy (non-hydrogen) atoms. The second-order valence-corrected chi connectivity index (χ2v) is 14.5. The monoisotopic (exact) mass is 685 g/mol. The number of carboxylic acids is 1. The van der Waals surface area contributed by atoms with Crippen molar-refractivity contribution in [2.75, 3.05) is 38.7 Å². The summed E-state index contributed by atoms with van der Waals surface area (Å²) in [4.78, 5) is 42.4. The first-order valence-corrected chi connectivity index (χ1v) is 17.5. The van der Waals surface area contributed by atoms with Crippen LogP contribution in [0, 0.1) is 17.7 Å². The smallest absolute Gasteiger partial charge is 0.306 e. The number of carboxylic acid groups (broad SMARTS) is 1. The maximum Gasteiger partial charge on any atom is 0.306 e. The number of nitrogens with one attached hydrogen (secondary N) is 1. The number of likely N-dealkylation sites (tertiary alicyclic amines) is 2. The van der Waals surface area contributed by atoms with Crippen LogP contribution in [0.1, 0.15) is 54.9 Å². The fourth-order valence-electron chi connectivity index (χ4n) is 7.35. The van der Waals surface area contributed by atoms with Gasteiger partial charge in [0.1, 0.15) is 5.82 Å². The van der Waals surface area contributed by atoms with Crippen LogP contribution < -0.4 is 5.32 Å². The highest BCUT2D eigenvalue weighted by Gasteiger charge is 2.42. The lowest BCUT2D eigenvalue weighted by Gasteiger charge is -2.30. The van der Waals surface area contributed by atoms with Gasteiger partial charge in [-0.05, 0) is 61.8 Å². The number of aliphatic carboxylic acids is 1. The molecule has 3 fully saturated rings. The molecule has 2 aromatic carbocycles. The summed E-state index contributed by atoms with van der Waals surface area (Å²) in [5.41, 5.74) is 0.780. The number of carbonyl (C=O) groups excluding carboxylic acids is 2. The van der Waals surface area contributed by atoms with Crippen LogP contribution in [0.15, 0.2) is 41.8 Å². The van der Waals surface area contributed by atoms with E-state index in [0.717, 1.165) is 29.6 Å². The van der Waals surface area contributed by atoms with Gasteiger partial charge >= 0.3 is 5.97 Å². The van der Waals surface area contributed by atoms with Gasteiger partial charge in [-0.3, -0.25) is 19.3 Å². The molecule has 1 saturated carbocycles. The van der Waals surface area contributed by atoms with Gasteiger partial charge in [-0.15, -0.1) is 11.3 Å². The number of ether oxygens (including phenoxy) is 2. The van der Waals surface area contributed by atoms with Gasteiger partial charge < -0.3 is 24.8 Å².